The molecule has 0 spiro atoms. The Morgan fingerprint density at radius 3 is 2.42 bits per heavy atom. The van der Waals surface area contributed by atoms with Gasteiger partial charge in [-0.1, -0.05) is 6.08 Å². The Bertz CT molecular complexity index is 1050. The highest BCUT2D eigenvalue weighted by molar-refractivity contribution is 7.57. The maximum Gasteiger partial charge on any atom is 0.353 e. The van der Waals surface area contributed by atoms with Gasteiger partial charge in [0, 0.05) is 44.4 Å². The van der Waals surface area contributed by atoms with Crippen LogP contribution >= 0.6 is 16.1 Å². The first-order valence-corrected chi connectivity index (χ1v) is 13.9. The largest absolute Gasteiger partial charge is 0.353 e. The van der Waals surface area contributed by atoms with E-state index in [9.17, 15) is 18.9 Å². The van der Waals surface area contributed by atoms with E-state index in [1.54, 1.807) is 0 Å². The minimum Gasteiger partial charge on any atom is -0.346 e. The molecule has 1 aromatic rings. The molecule has 0 saturated heterocycles. The van der Waals surface area contributed by atoms with Crippen molar-refractivity contribution in [3.05, 3.63) is 45.0 Å². The zero-order valence-electron chi connectivity index (χ0n) is 21.4. The summed E-state index contributed by atoms with van der Waals surface area (Å²) in [6, 6.07) is 2.48. The van der Waals surface area contributed by atoms with Crippen molar-refractivity contribution >= 4 is 22.0 Å². The van der Waals surface area contributed by atoms with Gasteiger partial charge in [-0.15, -0.1) is 0 Å². The molecule has 0 aromatic carbocycles. The number of rotatable bonds is 16. The minimum atomic E-state index is -3.53. The number of hydrogen-bond acceptors (Lipinski definition) is 10. The van der Waals surface area contributed by atoms with Gasteiger partial charge >= 0.3 is 13.3 Å². The predicted molar refractivity (Wildman–Crippen MR) is 135 cm³/mol. The van der Waals surface area contributed by atoms with Crippen molar-refractivity contribution in [2.24, 2.45) is 0 Å². The van der Waals surface area contributed by atoms with Crippen LogP contribution in [0.15, 0.2) is 33.7 Å². The maximum absolute atomic E-state index is 12.7. The van der Waals surface area contributed by atoms with Crippen molar-refractivity contribution < 1.29 is 27.5 Å². The number of nitrogens with zero attached hydrogens (tertiary/aromatic N) is 3. The third kappa shape index (κ3) is 10.8. The van der Waals surface area contributed by atoms with Gasteiger partial charge in [-0.05, 0) is 27.7 Å². The van der Waals surface area contributed by atoms with Gasteiger partial charge in [0.1, 0.15) is 6.54 Å². The summed E-state index contributed by atoms with van der Waals surface area (Å²) in [6.07, 6.45) is 2.81. The van der Waals surface area contributed by atoms with Crippen molar-refractivity contribution in [1.29, 1.82) is 5.26 Å². The SMILES string of the molecule is COP(=O)(C=CC(COP(OCCC#N)N(C(C)C)C(C)C)NC(=O)Cn1ccc(=O)[nH]c1=O)OC. The molecule has 0 aliphatic carbocycles. The molecule has 1 aromatic heterocycles. The first-order chi connectivity index (χ1) is 17.0. The number of hydrogen-bond donors (Lipinski definition) is 2. The number of nitriles is 1. The second kappa shape index (κ2) is 15.8. The standard InChI is InChI=1S/C21H35N5O8P2/c1-16(2)26(17(3)4)35(33-12-7-10-22)34-15-18(9-13-36(30,31-5)32-6)23-20(28)14-25-11-8-19(27)24-21(25)29/h8-9,11,13,16-18H,7,12,14-15H2,1-6H3,(H,23,28)(H,24,27,29). The molecular formula is C21H35N5O8P2. The summed E-state index contributed by atoms with van der Waals surface area (Å²) in [6.45, 7) is 7.67. The molecule has 0 fully saturated rings. The van der Waals surface area contributed by atoms with Crippen molar-refractivity contribution in [1.82, 2.24) is 19.5 Å². The Balaban J connectivity index is 3.12. The smallest absolute Gasteiger partial charge is 0.346 e. The highest BCUT2D eigenvalue weighted by Crippen LogP contribution is 2.48. The van der Waals surface area contributed by atoms with Crippen molar-refractivity contribution in [3.63, 3.8) is 0 Å². The molecule has 202 valence electrons. The average molecular weight is 547 g/mol. The van der Waals surface area contributed by atoms with Crippen molar-refractivity contribution in [3.8, 4) is 6.07 Å². The van der Waals surface area contributed by atoms with E-state index >= 15 is 0 Å². The number of H-pyrrole nitrogens is 1. The lowest BCUT2D eigenvalue weighted by Gasteiger charge is -2.36. The quantitative estimate of drug-likeness (QED) is 0.232. The van der Waals surface area contributed by atoms with Gasteiger partial charge in [0.25, 0.3) is 14.1 Å². The lowest BCUT2D eigenvalue weighted by atomic mass is 10.3. The van der Waals surface area contributed by atoms with Gasteiger partial charge in [0.15, 0.2) is 0 Å². The summed E-state index contributed by atoms with van der Waals surface area (Å²) >= 11 is 0. The van der Waals surface area contributed by atoms with Gasteiger partial charge in [-0.25, -0.2) is 9.46 Å². The second-order valence-electron chi connectivity index (χ2n) is 8.00. The fraction of sp³-hybridized carbons (Fsp3) is 0.619. The molecule has 1 rings (SSSR count). The van der Waals surface area contributed by atoms with Crippen LogP contribution < -0.4 is 16.6 Å². The van der Waals surface area contributed by atoms with Crippen LogP contribution in [0.1, 0.15) is 34.1 Å². The van der Waals surface area contributed by atoms with Crippen LogP contribution in [-0.4, -0.2) is 65.7 Å². The average Bonchev–Trinajstić information content (AvgIpc) is 2.81. The summed E-state index contributed by atoms with van der Waals surface area (Å²) in [5, 5.41) is 11.6. The van der Waals surface area contributed by atoms with Crippen LogP contribution in [0.3, 0.4) is 0 Å². The van der Waals surface area contributed by atoms with E-state index in [0.717, 1.165) is 10.6 Å². The van der Waals surface area contributed by atoms with Crippen LogP contribution in [0.5, 0.6) is 0 Å². The molecule has 2 atom stereocenters. The summed E-state index contributed by atoms with van der Waals surface area (Å²) in [5.41, 5.74) is -1.31. The molecule has 0 aliphatic rings. The van der Waals surface area contributed by atoms with Crippen molar-refractivity contribution in [2.45, 2.75) is 58.8 Å². The number of carbonyl (C=O) groups is 1. The molecule has 0 aliphatic heterocycles. The zero-order valence-corrected chi connectivity index (χ0v) is 23.2. The predicted octanol–water partition coefficient (Wildman–Crippen LogP) is 2.31. The van der Waals surface area contributed by atoms with Crippen LogP contribution in [0.4, 0.5) is 0 Å². The Kier molecular flexibility index (Phi) is 14.0. The number of carbonyl (C=O) groups excluding carboxylic acids is 1. The van der Waals surface area contributed by atoms with Crippen LogP contribution in [-0.2, 0) is 34.0 Å². The molecule has 36 heavy (non-hydrogen) atoms. The Hall–Kier alpha value is -2.16. The van der Waals surface area contributed by atoms with E-state index in [-0.39, 0.29) is 38.3 Å². The summed E-state index contributed by atoms with van der Waals surface area (Å²) in [5.74, 6) is 0.640. The molecule has 2 unspecified atom stereocenters. The first-order valence-electron chi connectivity index (χ1n) is 11.2. The van der Waals surface area contributed by atoms with E-state index in [4.69, 9.17) is 23.4 Å². The van der Waals surface area contributed by atoms with Gasteiger partial charge in [-0.2, -0.15) is 5.26 Å². The summed E-state index contributed by atoms with van der Waals surface area (Å²) in [4.78, 5) is 37.9. The molecule has 13 nitrogen and oxygen atoms in total. The van der Waals surface area contributed by atoms with E-state index < -0.39 is 39.3 Å². The molecule has 0 saturated carbocycles. The number of aromatic amines is 1. The van der Waals surface area contributed by atoms with Gasteiger partial charge in [0.05, 0.1) is 31.7 Å². The fourth-order valence-electron chi connectivity index (χ4n) is 2.98. The highest BCUT2D eigenvalue weighted by Gasteiger charge is 2.28. The lowest BCUT2D eigenvalue weighted by molar-refractivity contribution is -0.122. The molecule has 0 bridgehead atoms. The molecule has 1 heterocycles. The van der Waals surface area contributed by atoms with E-state index in [2.05, 4.69) is 10.3 Å². The van der Waals surface area contributed by atoms with Crippen molar-refractivity contribution in [2.75, 3.05) is 27.4 Å². The normalized spacial score (nSPS) is 13.9. The molecule has 2 N–H and O–H groups in total. The van der Waals surface area contributed by atoms with Crippen LogP contribution in [0, 0.1) is 11.3 Å². The Labute approximate surface area is 211 Å². The zero-order chi connectivity index (χ0) is 27.3. The van der Waals surface area contributed by atoms with Gasteiger partial charge in [0.2, 0.25) is 5.91 Å². The minimum absolute atomic E-state index is 0.0658. The number of nitrogens with one attached hydrogen (secondary N) is 2. The monoisotopic (exact) mass is 547 g/mol. The van der Waals surface area contributed by atoms with Gasteiger partial charge < -0.3 is 23.4 Å². The third-order valence-corrected chi connectivity index (χ3v) is 8.22. The molecule has 15 heteroatoms. The van der Waals surface area contributed by atoms with E-state index in [1.165, 1.54) is 32.3 Å². The first kappa shape index (κ1) is 31.9. The van der Waals surface area contributed by atoms with E-state index in [1.807, 2.05) is 38.4 Å². The highest BCUT2D eigenvalue weighted by atomic mass is 31.2. The third-order valence-electron chi connectivity index (χ3n) is 4.59. The van der Waals surface area contributed by atoms with Crippen LogP contribution in [0.25, 0.3) is 0 Å². The Morgan fingerprint density at radius 2 is 1.89 bits per heavy atom. The van der Waals surface area contributed by atoms with E-state index in [0.29, 0.717) is 0 Å². The Morgan fingerprint density at radius 1 is 1.25 bits per heavy atom. The fourth-order valence-corrected chi connectivity index (χ4v) is 5.43. The molecule has 1 amide bonds. The lowest BCUT2D eigenvalue weighted by Crippen LogP contribution is -2.41. The second-order valence-corrected chi connectivity index (χ2v) is 11.6. The molecule has 0 radical (unpaired) electrons. The topological polar surface area (TPSA) is 165 Å². The van der Waals surface area contributed by atoms with Gasteiger partial charge in [-0.3, -0.25) is 23.7 Å². The number of amides is 1. The summed E-state index contributed by atoms with van der Waals surface area (Å²) < 4.78 is 37.3. The number of aromatic nitrogens is 2. The van der Waals surface area contributed by atoms with Crippen LogP contribution in [0.2, 0.25) is 0 Å². The molecular weight excluding hydrogens is 512 g/mol. The summed E-state index contributed by atoms with van der Waals surface area (Å²) in [7, 11) is -2.68. The maximum atomic E-state index is 12.7.